The number of aryl methyl sites for hydroxylation is 1. The van der Waals surface area contributed by atoms with Gasteiger partial charge in [0.05, 0.1) is 11.8 Å². The average Bonchev–Trinajstić information content (AvgIpc) is 3.16. The normalized spacial score (nSPS) is 15.4. The third kappa shape index (κ3) is 4.39. The Hall–Kier alpha value is -2.34. The van der Waals surface area contributed by atoms with Gasteiger partial charge in [0.15, 0.2) is 0 Å². The van der Waals surface area contributed by atoms with E-state index in [1.165, 1.54) is 5.69 Å². The van der Waals surface area contributed by atoms with Crippen LogP contribution >= 0.6 is 0 Å². The van der Waals surface area contributed by atoms with Crippen LogP contribution in [0.3, 0.4) is 0 Å². The van der Waals surface area contributed by atoms with Gasteiger partial charge in [0.2, 0.25) is 0 Å². The van der Waals surface area contributed by atoms with Gasteiger partial charge >= 0.3 is 0 Å². The van der Waals surface area contributed by atoms with Gasteiger partial charge in [0, 0.05) is 44.7 Å². The minimum absolute atomic E-state index is 0.102. The summed E-state index contributed by atoms with van der Waals surface area (Å²) in [5.41, 5.74) is 2.87. The van der Waals surface area contributed by atoms with Crippen LogP contribution in [-0.4, -0.2) is 40.5 Å². The maximum atomic E-state index is 12.1. The Morgan fingerprint density at radius 1 is 1.28 bits per heavy atom. The number of carbonyl (C=O) groups is 1. The van der Waals surface area contributed by atoms with Crippen molar-refractivity contribution in [2.24, 2.45) is 5.92 Å². The highest BCUT2D eigenvalue weighted by Gasteiger charge is 2.18. The Kier molecular flexibility index (Phi) is 5.71. The average molecular weight is 342 g/mol. The monoisotopic (exact) mass is 342 g/mol. The highest BCUT2D eigenvalue weighted by Crippen LogP contribution is 2.23. The van der Waals surface area contributed by atoms with Gasteiger partial charge in [0.25, 0.3) is 5.91 Å². The maximum Gasteiger partial charge on any atom is 0.254 e. The van der Waals surface area contributed by atoms with Crippen LogP contribution in [0, 0.1) is 5.92 Å². The molecule has 1 fully saturated rings. The van der Waals surface area contributed by atoms with E-state index in [0.717, 1.165) is 38.0 Å². The van der Waals surface area contributed by atoms with Gasteiger partial charge in [0.1, 0.15) is 0 Å². The second-order valence-electron chi connectivity index (χ2n) is 6.55. The Morgan fingerprint density at radius 2 is 2.00 bits per heavy atom. The highest BCUT2D eigenvalue weighted by atomic mass is 16.3. The van der Waals surface area contributed by atoms with Crippen molar-refractivity contribution in [3.8, 4) is 0 Å². The fraction of sp³-hybridized carbons (Fsp3) is 0.474. The number of anilines is 1. The van der Waals surface area contributed by atoms with E-state index in [2.05, 4.69) is 39.6 Å². The summed E-state index contributed by atoms with van der Waals surface area (Å²) in [6.45, 7) is 5.52. The van der Waals surface area contributed by atoms with E-state index in [1.807, 2.05) is 6.92 Å². The molecule has 1 aliphatic heterocycles. The minimum Gasteiger partial charge on any atom is -0.396 e. The lowest BCUT2D eigenvalue weighted by Crippen LogP contribution is -2.34. The zero-order chi connectivity index (χ0) is 17.6. The van der Waals surface area contributed by atoms with Crippen molar-refractivity contribution >= 4 is 11.6 Å². The first kappa shape index (κ1) is 17.5. The van der Waals surface area contributed by atoms with Crippen molar-refractivity contribution in [1.82, 2.24) is 15.1 Å². The number of nitrogens with zero attached hydrogens (tertiary/aromatic N) is 3. The van der Waals surface area contributed by atoms with E-state index < -0.39 is 0 Å². The third-order valence-electron chi connectivity index (χ3n) is 4.85. The topological polar surface area (TPSA) is 70.4 Å². The molecule has 0 saturated carbocycles. The van der Waals surface area contributed by atoms with Crippen LogP contribution in [0.25, 0.3) is 0 Å². The molecule has 1 amide bonds. The Bertz CT molecular complexity index is 688. The molecule has 2 aromatic rings. The van der Waals surface area contributed by atoms with Gasteiger partial charge < -0.3 is 15.3 Å². The van der Waals surface area contributed by atoms with Gasteiger partial charge in [-0.3, -0.25) is 9.48 Å². The second kappa shape index (κ2) is 8.16. The molecule has 1 saturated heterocycles. The van der Waals surface area contributed by atoms with E-state index in [0.29, 0.717) is 24.6 Å². The summed E-state index contributed by atoms with van der Waals surface area (Å²) in [5, 5.41) is 16.3. The van der Waals surface area contributed by atoms with Crippen molar-refractivity contribution in [3.05, 3.63) is 47.8 Å². The van der Waals surface area contributed by atoms with E-state index in [-0.39, 0.29) is 5.91 Å². The molecule has 0 atom stereocenters. The Balaban J connectivity index is 1.51. The molecule has 134 valence electrons. The summed E-state index contributed by atoms with van der Waals surface area (Å²) in [6, 6.07) is 8.33. The quantitative estimate of drug-likeness (QED) is 0.843. The third-order valence-corrected chi connectivity index (χ3v) is 4.85. The molecule has 0 bridgehead atoms. The number of nitrogens with one attached hydrogen (secondary N) is 1. The molecule has 25 heavy (non-hydrogen) atoms. The Labute approximate surface area is 148 Å². The SMILES string of the molecule is CCn1cc(C(=O)NCc2ccc(N3CCC(CO)CC3)cc2)cn1. The predicted octanol–water partition coefficient (Wildman–Crippen LogP) is 2.04. The lowest BCUT2D eigenvalue weighted by atomic mass is 9.97. The van der Waals surface area contributed by atoms with Crippen LogP contribution in [0.15, 0.2) is 36.7 Å². The van der Waals surface area contributed by atoms with Crippen molar-refractivity contribution < 1.29 is 9.90 Å². The standard InChI is InChI=1S/C19H26N4O2/c1-2-23-13-17(12-21-23)19(25)20-11-15-3-5-18(6-4-15)22-9-7-16(14-24)8-10-22/h3-6,12-13,16,24H,2,7-11,14H2,1H3,(H,20,25). The lowest BCUT2D eigenvalue weighted by molar-refractivity contribution is 0.0951. The smallest absolute Gasteiger partial charge is 0.254 e. The molecule has 1 aromatic heterocycles. The van der Waals surface area contributed by atoms with Crippen LogP contribution in [-0.2, 0) is 13.1 Å². The number of benzene rings is 1. The zero-order valence-electron chi connectivity index (χ0n) is 14.7. The van der Waals surface area contributed by atoms with E-state index in [4.69, 9.17) is 0 Å². The zero-order valence-corrected chi connectivity index (χ0v) is 14.7. The number of rotatable bonds is 6. The molecular weight excluding hydrogens is 316 g/mol. The lowest BCUT2D eigenvalue weighted by Gasteiger charge is -2.33. The number of hydrogen-bond acceptors (Lipinski definition) is 4. The van der Waals surface area contributed by atoms with Crippen LogP contribution in [0.4, 0.5) is 5.69 Å². The molecule has 0 aliphatic carbocycles. The molecule has 1 aromatic carbocycles. The molecule has 6 heteroatoms. The van der Waals surface area contributed by atoms with Gasteiger partial charge in [-0.2, -0.15) is 5.10 Å². The molecule has 1 aliphatic rings. The molecular formula is C19H26N4O2. The first-order valence-electron chi connectivity index (χ1n) is 8.95. The summed E-state index contributed by atoms with van der Waals surface area (Å²) < 4.78 is 1.74. The highest BCUT2D eigenvalue weighted by molar-refractivity contribution is 5.93. The number of aromatic nitrogens is 2. The van der Waals surface area contributed by atoms with Crippen LogP contribution in [0.5, 0.6) is 0 Å². The molecule has 0 radical (unpaired) electrons. The molecule has 0 unspecified atom stereocenters. The molecule has 0 spiro atoms. The summed E-state index contributed by atoms with van der Waals surface area (Å²) in [4.78, 5) is 14.5. The molecule has 2 N–H and O–H groups in total. The van der Waals surface area contributed by atoms with Crippen molar-refractivity contribution in [2.45, 2.75) is 32.9 Å². The summed E-state index contributed by atoms with van der Waals surface area (Å²) in [7, 11) is 0. The van der Waals surface area contributed by atoms with Crippen LogP contribution in [0.2, 0.25) is 0 Å². The van der Waals surface area contributed by atoms with Gasteiger partial charge in [-0.05, 0) is 43.4 Å². The summed E-state index contributed by atoms with van der Waals surface area (Å²) in [5.74, 6) is 0.345. The second-order valence-corrected chi connectivity index (χ2v) is 6.55. The van der Waals surface area contributed by atoms with Crippen molar-refractivity contribution in [1.29, 1.82) is 0 Å². The summed E-state index contributed by atoms with van der Waals surface area (Å²) in [6.07, 6.45) is 5.44. The number of aliphatic hydroxyl groups excluding tert-OH is 1. The maximum absolute atomic E-state index is 12.1. The number of piperidine rings is 1. The van der Waals surface area contributed by atoms with Crippen molar-refractivity contribution in [3.63, 3.8) is 0 Å². The van der Waals surface area contributed by atoms with Crippen LogP contribution in [0.1, 0.15) is 35.7 Å². The Morgan fingerprint density at radius 3 is 2.60 bits per heavy atom. The van der Waals surface area contributed by atoms with Gasteiger partial charge in [-0.1, -0.05) is 12.1 Å². The number of amides is 1. The van der Waals surface area contributed by atoms with Gasteiger partial charge in [-0.15, -0.1) is 0 Å². The van der Waals surface area contributed by atoms with E-state index in [1.54, 1.807) is 17.1 Å². The molecule has 2 heterocycles. The van der Waals surface area contributed by atoms with E-state index in [9.17, 15) is 9.90 Å². The van der Waals surface area contributed by atoms with Crippen molar-refractivity contribution in [2.75, 3.05) is 24.6 Å². The fourth-order valence-corrected chi connectivity index (χ4v) is 3.14. The largest absolute Gasteiger partial charge is 0.396 e. The predicted molar refractivity (Wildman–Crippen MR) is 97.5 cm³/mol. The van der Waals surface area contributed by atoms with E-state index >= 15 is 0 Å². The first-order chi connectivity index (χ1) is 12.2. The summed E-state index contributed by atoms with van der Waals surface area (Å²) >= 11 is 0. The fourth-order valence-electron chi connectivity index (χ4n) is 3.14. The first-order valence-corrected chi connectivity index (χ1v) is 8.95. The molecule has 3 rings (SSSR count). The number of carbonyl (C=O) groups excluding carboxylic acids is 1. The minimum atomic E-state index is -0.102. The number of aliphatic hydroxyl groups is 1. The molecule has 6 nitrogen and oxygen atoms in total. The van der Waals surface area contributed by atoms with Crippen LogP contribution < -0.4 is 10.2 Å². The van der Waals surface area contributed by atoms with Gasteiger partial charge in [-0.25, -0.2) is 0 Å². The number of hydrogen-bond donors (Lipinski definition) is 2.